The van der Waals surface area contributed by atoms with Crippen LogP contribution in [0.4, 0.5) is 5.69 Å². The largest absolute Gasteiger partial charge is 0.510 e. The first-order chi connectivity index (χ1) is 10.0. The average molecular weight is 305 g/mol. The molecule has 0 radical (unpaired) electrons. The molecule has 21 heavy (non-hydrogen) atoms. The maximum absolute atomic E-state index is 11.8. The number of nitriles is 1. The molecule has 8 heteroatoms. The van der Waals surface area contributed by atoms with Crippen LogP contribution >= 0.6 is 11.9 Å². The van der Waals surface area contributed by atoms with Crippen molar-refractivity contribution >= 4 is 23.5 Å². The van der Waals surface area contributed by atoms with E-state index < -0.39 is 10.8 Å². The average Bonchev–Trinajstić information content (AvgIpc) is 3.30. The number of hydrogen-bond donors (Lipinski definition) is 2. The number of non-ortho nitro benzene ring substituents is 1. The molecular weight excluding hydrogens is 294 g/mol. The molecular formula is C13H11N3O4S. The van der Waals surface area contributed by atoms with E-state index in [4.69, 9.17) is 5.26 Å². The molecule has 0 heterocycles. The number of benzene rings is 1. The molecule has 1 aromatic rings. The number of nitrogens with one attached hydrogen (secondary N) is 1. The highest BCUT2D eigenvalue weighted by Gasteiger charge is 2.30. The van der Waals surface area contributed by atoms with Gasteiger partial charge in [0.05, 0.1) is 4.92 Å². The number of nitro benzene ring substituents is 1. The van der Waals surface area contributed by atoms with Crippen LogP contribution in [0.2, 0.25) is 0 Å². The number of nitro groups is 1. The second-order valence-corrected chi connectivity index (χ2v) is 5.31. The summed E-state index contributed by atoms with van der Waals surface area (Å²) in [4.78, 5) is 22.4. The number of hydrogen-bond acceptors (Lipinski definition) is 6. The van der Waals surface area contributed by atoms with Gasteiger partial charge in [0, 0.05) is 22.9 Å². The van der Waals surface area contributed by atoms with Gasteiger partial charge in [-0.3, -0.25) is 19.6 Å². The van der Waals surface area contributed by atoms with Gasteiger partial charge < -0.3 is 5.11 Å². The highest BCUT2D eigenvalue weighted by atomic mass is 32.2. The second kappa shape index (κ2) is 6.28. The Morgan fingerprint density at radius 1 is 1.43 bits per heavy atom. The van der Waals surface area contributed by atoms with Crippen LogP contribution in [0.3, 0.4) is 0 Å². The lowest BCUT2D eigenvalue weighted by Crippen LogP contribution is -2.19. The fourth-order valence-corrected chi connectivity index (χ4v) is 2.16. The number of nitrogens with zero attached hydrogens (tertiary/aromatic N) is 2. The van der Waals surface area contributed by atoms with Crippen molar-refractivity contribution in [3.8, 4) is 6.07 Å². The number of allylic oxidation sites excluding steroid dienone is 1. The highest BCUT2D eigenvalue weighted by Crippen LogP contribution is 2.36. The minimum absolute atomic E-state index is 0.0466. The molecule has 1 saturated carbocycles. The number of aliphatic hydroxyl groups is 1. The van der Waals surface area contributed by atoms with Crippen LogP contribution in [0, 0.1) is 27.4 Å². The van der Waals surface area contributed by atoms with Gasteiger partial charge in [0.25, 0.3) is 11.6 Å². The summed E-state index contributed by atoms with van der Waals surface area (Å²) in [6, 6.07) is 7.30. The zero-order valence-corrected chi connectivity index (χ0v) is 11.6. The van der Waals surface area contributed by atoms with Gasteiger partial charge >= 0.3 is 0 Å². The number of rotatable bonds is 5. The minimum Gasteiger partial charge on any atom is -0.510 e. The summed E-state index contributed by atoms with van der Waals surface area (Å²) in [5, 5.41) is 29.2. The smallest absolute Gasteiger partial charge is 0.275 e. The molecule has 0 aliphatic heterocycles. The van der Waals surface area contributed by atoms with Crippen molar-refractivity contribution in [1.29, 1.82) is 5.26 Å². The van der Waals surface area contributed by atoms with Gasteiger partial charge in [0.1, 0.15) is 11.8 Å². The van der Waals surface area contributed by atoms with Gasteiger partial charge in [-0.05, 0) is 36.9 Å². The van der Waals surface area contributed by atoms with Gasteiger partial charge in [-0.2, -0.15) is 5.26 Å². The van der Waals surface area contributed by atoms with E-state index in [-0.39, 0.29) is 22.9 Å². The van der Waals surface area contributed by atoms with Crippen LogP contribution in [-0.4, -0.2) is 15.9 Å². The Labute approximate surface area is 124 Å². The Kier molecular flexibility index (Phi) is 4.45. The summed E-state index contributed by atoms with van der Waals surface area (Å²) in [5.74, 6) is -0.931. The van der Waals surface area contributed by atoms with Crippen LogP contribution < -0.4 is 4.72 Å². The van der Waals surface area contributed by atoms with E-state index in [1.54, 1.807) is 6.07 Å². The number of aliphatic hydroxyl groups excluding tert-OH is 1. The number of carbonyl (C=O) groups is 1. The fraction of sp³-hybridized carbons (Fsp3) is 0.231. The molecule has 0 atom stereocenters. The van der Waals surface area contributed by atoms with E-state index in [2.05, 4.69) is 4.72 Å². The van der Waals surface area contributed by atoms with E-state index in [9.17, 15) is 20.0 Å². The maximum atomic E-state index is 11.8. The van der Waals surface area contributed by atoms with Crippen LogP contribution in [0.15, 0.2) is 40.5 Å². The van der Waals surface area contributed by atoms with Crippen molar-refractivity contribution in [2.24, 2.45) is 5.92 Å². The van der Waals surface area contributed by atoms with Crippen molar-refractivity contribution < 1.29 is 14.8 Å². The molecule has 1 amide bonds. The molecule has 1 aliphatic carbocycles. The molecule has 0 spiro atoms. The molecule has 108 valence electrons. The topological polar surface area (TPSA) is 116 Å². The third-order valence-corrected chi connectivity index (χ3v) is 3.66. The van der Waals surface area contributed by atoms with Crippen molar-refractivity contribution in [3.63, 3.8) is 0 Å². The lowest BCUT2D eigenvalue weighted by Gasteiger charge is -2.05. The molecule has 1 fully saturated rings. The predicted molar refractivity (Wildman–Crippen MR) is 75.1 cm³/mol. The van der Waals surface area contributed by atoms with E-state index >= 15 is 0 Å². The Morgan fingerprint density at radius 3 is 2.52 bits per heavy atom. The summed E-state index contributed by atoms with van der Waals surface area (Å²) >= 11 is 0.924. The molecule has 2 N–H and O–H groups in total. The van der Waals surface area contributed by atoms with Gasteiger partial charge in [0.15, 0.2) is 5.57 Å². The van der Waals surface area contributed by atoms with Crippen molar-refractivity contribution in [3.05, 3.63) is 45.7 Å². The monoisotopic (exact) mass is 305 g/mol. The van der Waals surface area contributed by atoms with Crippen LogP contribution in [0.5, 0.6) is 0 Å². The minimum atomic E-state index is -0.676. The van der Waals surface area contributed by atoms with Crippen molar-refractivity contribution in [2.45, 2.75) is 17.7 Å². The zero-order valence-electron chi connectivity index (χ0n) is 10.8. The second-order valence-electron chi connectivity index (χ2n) is 4.43. The quantitative estimate of drug-likeness (QED) is 0.215. The molecule has 7 nitrogen and oxygen atoms in total. The molecule has 2 rings (SSSR count). The van der Waals surface area contributed by atoms with E-state index in [0.717, 1.165) is 24.8 Å². The first-order valence-corrected chi connectivity index (χ1v) is 6.89. The number of amides is 1. The Balaban J connectivity index is 1.99. The lowest BCUT2D eigenvalue weighted by atomic mass is 10.2. The van der Waals surface area contributed by atoms with Gasteiger partial charge in [-0.25, -0.2) is 0 Å². The van der Waals surface area contributed by atoms with Crippen LogP contribution in [0.25, 0.3) is 0 Å². The molecule has 1 aromatic carbocycles. The fourth-order valence-electron chi connectivity index (χ4n) is 1.58. The molecule has 1 aliphatic rings. The van der Waals surface area contributed by atoms with Crippen LogP contribution in [0.1, 0.15) is 12.8 Å². The molecule has 0 unspecified atom stereocenters. The standard InChI is InChI=1S/C13H11N3O4S/c14-7-11(12(17)8-1-2-8)13(18)15-21-10-5-3-9(4-6-10)16(19)20/h3-6,8,17H,1-2H2,(H,15,18). The third kappa shape index (κ3) is 3.73. The van der Waals surface area contributed by atoms with E-state index in [0.29, 0.717) is 4.90 Å². The summed E-state index contributed by atoms with van der Waals surface area (Å²) in [5.41, 5.74) is -0.332. The SMILES string of the molecule is N#CC(C(=O)NSc1ccc([N+](=O)[O-])cc1)=C(O)C1CC1. The van der Waals surface area contributed by atoms with Crippen molar-refractivity contribution in [2.75, 3.05) is 0 Å². The highest BCUT2D eigenvalue weighted by molar-refractivity contribution is 7.98. The molecule has 0 saturated heterocycles. The Morgan fingerprint density at radius 2 is 2.05 bits per heavy atom. The lowest BCUT2D eigenvalue weighted by molar-refractivity contribution is -0.384. The number of carbonyl (C=O) groups excluding carboxylic acids is 1. The predicted octanol–water partition coefficient (Wildman–Crippen LogP) is 2.46. The first-order valence-electron chi connectivity index (χ1n) is 6.07. The van der Waals surface area contributed by atoms with Crippen LogP contribution in [-0.2, 0) is 4.79 Å². The summed E-state index contributed by atoms with van der Waals surface area (Å²) in [6.45, 7) is 0. The normalized spacial score (nSPS) is 14.8. The van der Waals surface area contributed by atoms with Gasteiger partial charge in [-0.15, -0.1) is 0 Å². The van der Waals surface area contributed by atoms with Gasteiger partial charge in [-0.1, -0.05) is 0 Å². The maximum Gasteiger partial charge on any atom is 0.275 e. The Hall–Kier alpha value is -2.53. The van der Waals surface area contributed by atoms with E-state index in [1.165, 1.54) is 24.3 Å². The molecule has 0 aromatic heterocycles. The van der Waals surface area contributed by atoms with E-state index in [1.807, 2.05) is 0 Å². The van der Waals surface area contributed by atoms with Crippen molar-refractivity contribution in [1.82, 2.24) is 4.72 Å². The summed E-state index contributed by atoms with van der Waals surface area (Å²) in [6.07, 6.45) is 1.56. The summed E-state index contributed by atoms with van der Waals surface area (Å²) in [7, 11) is 0. The summed E-state index contributed by atoms with van der Waals surface area (Å²) < 4.78 is 2.43. The third-order valence-electron chi connectivity index (χ3n) is 2.87. The zero-order chi connectivity index (χ0) is 15.4. The molecule has 0 bridgehead atoms. The Bertz CT molecular complexity index is 644. The van der Waals surface area contributed by atoms with Gasteiger partial charge in [0.2, 0.25) is 0 Å². The first kappa shape index (κ1) is 14.9.